The number of hydrogen-bond donors (Lipinski definition) is 3. The molecule has 0 fully saturated rings. The third kappa shape index (κ3) is 4.97. The highest BCUT2D eigenvalue weighted by atomic mass is 16.4. The molecule has 1 atom stereocenters. The molecule has 0 aliphatic heterocycles. The molecule has 0 aromatic carbocycles. The molecule has 0 bridgehead atoms. The lowest BCUT2D eigenvalue weighted by Gasteiger charge is -2.12. The second-order valence-electron chi connectivity index (χ2n) is 2.66. The molecule has 0 unspecified atom stereocenters. The van der Waals surface area contributed by atoms with Gasteiger partial charge in [0.25, 0.3) is 0 Å². The van der Waals surface area contributed by atoms with Gasteiger partial charge in [-0.05, 0) is 19.9 Å². The van der Waals surface area contributed by atoms with E-state index in [1.165, 1.54) is 13.0 Å². The lowest BCUT2D eigenvalue weighted by Crippen LogP contribution is -2.38. The van der Waals surface area contributed by atoms with Gasteiger partial charge in [-0.25, -0.2) is 4.79 Å². The molecule has 0 aromatic rings. The highest BCUT2D eigenvalue weighted by Gasteiger charge is 2.14. The summed E-state index contributed by atoms with van der Waals surface area (Å²) in [7, 11) is 0. The van der Waals surface area contributed by atoms with Gasteiger partial charge in [0, 0.05) is 5.70 Å². The Hall–Kier alpha value is -1.36. The molecule has 0 aromatic heterocycles. The van der Waals surface area contributed by atoms with Gasteiger partial charge in [-0.15, -0.1) is 0 Å². The van der Waals surface area contributed by atoms with Crippen molar-refractivity contribution in [2.75, 3.05) is 6.61 Å². The number of carboxylic acid groups (broad SMARTS) is 1. The second-order valence-corrected chi connectivity index (χ2v) is 2.66. The van der Waals surface area contributed by atoms with Crippen molar-refractivity contribution in [1.29, 1.82) is 0 Å². The Kier molecular flexibility index (Phi) is 4.76. The van der Waals surface area contributed by atoms with Gasteiger partial charge in [0.15, 0.2) is 5.78 Å². The van der Waals surface area contributed by atoms with Crippen LogP contribution in [0.25, 0.3) is 0 Å². The van der Waals surface area contributed by atoms with E-state index in [-0.39, 0.29) is 5.78 Å². The van der Waals surface area contributed by atoms with Crippen molar-refractivity contribution in [3.63, 3.8) is 0 Å². The maximum Gasteiger partial charge on any atom is 0.328 e. The van der Waals surface area contributed by atoms with E-state index in [0.717, 1.165) is 0 Å². The van der Waals surface area contributed by atoms with Crippen molar-refractivity contribution >= 4 is 11.8 Å². The molecule has 5 heteroatoms. The maximum atomic E-state index is 10.6. The lowest BCUT2D eigenvalue weighted by atomic mass is 10.2. The van der Waals surface area contributed by atoms with Gasteiger partial charge in [0.05, 0.1) is 6.61 Å². The minimum atomic E-state index is -1.15. The van der Waals surface area contributed by atoms with Crippen molar-refractivity contribution in [2.24, 2.45) is 0 Å². The van der Waals surface area contributed by atoms with E-state index in [1.54, 1.807) is 6.92 Å². The van der Waals surface area contributed by atoms with E-state index in [2.05, 4.69) is 5.32 Å². The fourth-order valence-electron chi connectivity index (χ4n) is 0.807. The minimum absolute atomic E-state index is 0.174. The van der Waals surface area contributed by atoms with E-state index in [9.17, 15) is 9.59 Å². The smallest absolute Gasteiger partial charge is 0.328 e. The zero-order valence-corrected chi connectivity index (χ0v) is 7.57. The average molecular weight is 187 g/mol. The van der Waals surface area contributed by atoms with Crippen molar-refractivity contribution in [3.05, 3.63) is 11.8 Å². The molecule has 13 heavy (non-hydrogen) atoms. The SMILES string of the molecule is CC(=O)C=C(C)N[C@H](CO)C(=O)O. The molecule has 0 amide bonds. The Morgan fingerprint density at radius 1 is 1.46 bits per heavy atom. The summed E-state index contributed by atoms with van der Waals surface area (Å²) in [5, 5.41) is 19.6. The highest BCUT2D eigenvalue weighted by molar-refractivity contribution is 5.87. The van der Waals surface area contributed by atoms with Crippen LogP contribution in [0.2, 0.25) is 0 Å². The van der Waals surface area contributed by atoms with Crippen molar-refractivity contribution < 1.29 is 19.8 Å². The van der Waals surface area contributed by atoms with Crippen LogP contribution in [0.3, 0.4) is 0 Å². The number of allylic oxidation sites excluding steroid dienone is 2. The normalized spacial score (nSPS) is 13.6. The third-order valence-electron chi connectivity index (χ3n) is 1.30. The monoisotopic (exact) mass is 187 g/mol. The van der Waals surface area contributed by atoms with Crippen LogP contribution in [0.4, 0.5) is 0 Å². The Bertz CT molecular complexity index is 234. The van der Waals surface area contributed by atoms with Crippen LogP contribution in [-0.4, -0.2) is 34.6 Å². The summed E-state index contributed by atoms with van der Waals surface area (Å²) < 4.78 is 0. The summed E-state index contributed by atoms with van der Waals surface area (Å²) >= 11 is 0. The summed E-state index contributed by atoms with van der Waals surface area (Å²) in [6.45, 7) is 2.41. The molecule has 0 spiro atoms. The minimum Gasteiger partial charge on any atom is -0.480 e. The number of carbonyl (C=O) groups excluding carboxylic acids is 1. The maximum absolute atomic E-state index is 10.6. The van der Waals surface area contributed by atoms with Gasteiger partial charge in [0.1, 0.15) is 6.04 Å². The number of hydrogen-bond acceptors (Lipinski definition) is 4. The Morgan fingerprint density at radius 2 is 2.00 bits per heavy atom. The molecule has 0 aliphatic carbocycles. The predicted molar refractivity (Wildman–Crippen MR) is 46.1 cm³/mol. The molecule has 5 nitrogen and oxygen atoms in total. The zero-order valence-electron chi connectivity index (χ0n) is 7.57. The van der Waals surface area contributed by atoms with Gasteiger partial charge < -0.3 is 15.5 Å². The first-order valence-corrected chi connectivity index (χ1v) is 3.76. The van der Waals surface area contributed by atoms with Gasteiger partial charge in [0.2, 0.25) is 0 Å². The van der Waals surface area contributed by atoms with Crippen molar-refractivity contribution in [3.8, 4) is 0 Å². The van der Waals surface area contributed by atoms with E-state index in [4.69, 9.17) is 10.2 Å². The molecule has 0 aliphatic rings. The summed E-state index contributed by atoms with van der Waals surface area (Å²) in [6, 6.07) is -1.06. The van der Waals surface area contributed by atoms with E-state index < -0.39 is 18.6 Å². The fraction of sp³-hybridized carbons (Fsp3) is 0.500. The number of carbonyl (C=O) groups is 2. The Balaban J connectivity index is 4.24. The zero-order chi connectivity index (χ0) is 10.4. The van der Waals surface area contributed by atoms with Gasteiger partial charge >= 0.3 is 5.97 Å². The highest BCUT2D eigenvalue weighted by Crippen LogP contribution is 1.92. The molecule has 0 heterocycles. The first-order valence-electron chi connectivity index (χ1n) is 3.76. The molecular weight excluding hydrogens is 174 g/mol. The van der Waals surface area contributed by atoms with Gasteiger partial charge in [-0.1, -0.05) is 0 Å². The molecule has 74 valence electrons. The average Bonchev–Trinajstić information content (AvgIpc) is 1.98. The number of nitrogens with one attached hydrogen (secondary N) is 1. The van der Waals surface area contributed by atoms with Gasteiger partial charge in [-0.3, -0.25) is 4.79 Å². The van der Waals surface area contributed by atoms with Crippen LogP contribution in [0, 0.1) is 0 Å². The van der Waals surface area contributed by atoms with Crippen LogP contribution in [0.5, 0.6) is 0 Å². The van der Waals surface area contributed by atoms with Crippen LogP contribution >= 0.6 is 0 Å². The number of aliphatic hydroxyl groups excluding tert-OH is 1. The number of carboxylic acids is 1. The molecular formula is C8H13NO4. The first-order chi connectivity index (χ1) is 5.97. The number of rotatable bonds is 5. The molecule has 3 N–H and O–H groups in total. The van der Waals surface area contributed by atoms with E-state index in [1.807, 2.05) is 0 Å². The number of aliphatic carboxylic acids is 1. The third-order valence-corrected chi connectivity index (χ3v) is 1.30. The number of ketones is 1. The summed E-state index contributed by atoms with van der Waals surface area (Å²) in [5.41, 5.74) is 0.425. The van der Waals surface area contributed by atoms with Crippen LogP contribution in [-0.2, 0) is 9.59 Å². The Labute approximate surface area is 76.1 Å². The Morgan fingerprint density at radius 3 is 2.31 bits per heavy atom. The van der Waals surface area contributed by atoms with Crippen LogP contribution in [0.1, 0.15) is 13.8 Å². The fourth-order valence-corrected chi connectivity index (χ4v) is 0.807. The topological polar surface area (TPSA) is 86.6 Å². The molecule has 0 saturated carbocycles. The second kappa shape index (κ2) is 5.31. The molecule has 0 radical (unpaired) electrons. The quantitative estimate of drug-likeness (QED) is 0.506. The largest absolute Gasteiger partial charge is 0.480 e. The van der Waals surface area contributed by atoms with E-state index in [0.29, 0.717) is 5.70 Å². The van der Waals surface area contributed by atoms with Crippen molar-refractivity contribution in [1.82, 2.24) is 5.32 Å². The summed E-state index contributed by atoms with van der Waals surface area (Å²) in [4.78, 5) is 21.0. The van der Waals surface area contributed by atoms with Gasteiger partial charge in [-0.2, -0.15) is 0 Å². The molecule has 0 rings (SSSR count). The number of aliphatic hydroxyl groups is 1. The predicted octanol–water partition coefficient (Wildman–Crippen LogP) is -0.486. The van der Waals surface area contributed by atoms with Crippen LogP contribution in [0.15, 0.2) is 11.8 Å². The van der Waals surface area contributed by atoms with Crippen molar-refractivity contribution in [2.45, 2.75) is 19.9 Å². The summed E-state index contributed by atoms with van der Waals surface area (Å²) in [5.74, 6) is -1.33. The lowest BCUT2D eigenvalue weighted by molar-refractivity contribution is -0.140. The van der Waals surface area contributed by atoms with Crippen LogP contribution < -0.4 is 5.32 Å². The van der Waals surface area contributed by atoms with E-state index >= 15 is 0 Å². The first kappa shape index (κ1) is 11.6. The molecule has 0 saturated heterocycles. The standard InChI is InChI=1S/C8H13NO4/c1-5(3-6(2)11)9-7(4-10)8(12)13/h3,7,9-10H,4H2,1-2H3,(H,12,13)/t7-/m1/s1. The summed E-state index contributed by atoms with van der Waals surface area (Å²) in [6.07, 6.45) is 1.27.